The number of hydrogen-bond donors (Lipinski definition) is 2. The lowest BCUT2D eigenvalue weighted by atomic mass is 10.0. The molecule has 0 saturated heterocycles. The van der Waals surface area contributed by atoms with Gasteiger partial charge in [0, 0.05) is 18.2 Å². The van der Waals surface area contributed by atoms with Crippen LogP contribution in [0, 0.1) is 0 Å². The summed E-state index contributed by atoms with van der Waals surface area (Å²) in [5.74, 6) is 1.19. The second kappa shape index (κ2) is 4.31. The Morgan fingerprint density at radius 2 is 2.11 bits per heavy atom. The van der Waals surface area contributed by atoms with Crippen molar-refractivity contribution in [2.45, 2.75) is 18.6 Å². The van der Waals surface area contributed by atoms with Crippen LogP contribution in [0.25, 0.3) is 0 Å². The van der Waals surface area contributed by atoms with Crippen LogP contribution in [-0.4, -0.2) is 16.2 Å². The maximum atomic E-state index is 10.3. The summed E-state index contributed by atoms with van der Waals surface area (Å²) in [6.07, 6.45) is 1.24. The molecule has 1 aromatic carbocycles. The molecule has 0 saturated carbocycles. The molecule has 0 spiro atoms. The van der Waals surface area contributed by atoms with Gasteiger partial charge in [-0.05, 0) is 17.7 Å². The number of nitrogens with zero attached hydrogens (tertiary/aromatic N) is 1. The predicted octanol–water partition coefficient (Wildman–Crippen LogP) is 1.70. The first kappa shape index (κ1) is 11.0. The number of aliphatic hydroxyl groups is 1. The number of nitrogens with two attached hydrogens (primary N) is 1. The van der Waals surface area contributed by atoms with Gasteiger partial charge < -0.3 is 15.6 Å². The molecule has 1 aliphatic heterocycles. The fraction of sp³-hybridized carbons (Fsp3) is 0.214. The Bertz CT molecular complexity index is 546. The Kier molecular flexibility index (Phi) is 2.64. The van der Waals surface area contributed by atoms with E-state index >= 15 is 0 Å². The molecule has 4 heteroatoms. The molecule has 0 fully saturated rings. The highest BCUT2D eigenvalue weighted by molar-refractivity contribution is 5.43. The lowest BCUT2D eigenvalue weighted by Gasteiger charge is -2.19. The van der Waals surface area contributed by atoms with Crippen LogP contribution in [0.1, 0.15) is 17.2 Å². The zero-order chi connectivity index (χ0) is 12.5. The minimum atomic E-state index is -0.758. The highest BCUT2D eigenvalue weighted by Gasteiger charge is 2.31. The van der Waals surface area contributed by atoms with Crippen molar-refractivity contribution in [2.75, 3.05) is 5.73 Å². The second-order valence-electron chi connectivity index (χ2n) is 4.39. The Balaban J connectivity index is 1.85. The lowest BCUT2D eigenvalue weighted by Crippen LogP contribution is -2.24. The van der Waals surface area contributed by atoms with Crippen molar-refractivity contribution < 1.29 is 9.84 Å². The van der Waals surface area contributed by atoms with E-state index in [1.807, 2.05) is 24.3 Å². The molecule has 2 unspecified atom stereocenters. The van der Waals surface area contributed by atoms with Crippen LogP contribution in [0.3, 0.4) is 0 Å². The van der Waals surface area contributed by atoms with E-state index in [1.165, 1.54) is 0 Å². The SMILES string of the molecule is Nc1ncccc1C(O)C1Cc2ccccc2O1. The Hall–Kier alpha value is -2.07. The minimum Gasteiger partial charge on any atom is -0.487 e. The standard InChI is InChI=1S/C14H14N2O2/c15-14-10(5-3-7-16-14)13(17)12-8-9-4-1-2-6-11(9)18-12/h1-7,12-13,17H,8H2,(H2,15,16). The summed E-state index contributed by atoms with van der Waals surface area (Å²) in [6, 6.07) is 11.3. The zero-order valence-corrected chi connectivity index (χ0v) is 9.78. The molecule has 2 atom stereocenters. The fourth-order valence-corrected chi connectivity index (χ4v) is 2.27. The van der Waals surface area contributed by atoms with Gasteiger partial charge in [-0.2, -0.15) is 0 Å². The maximum absolute atomic E-state index is 10.3. The lowest BCUT2D eigenvalue weighted by molar-refractivity contribution is 0.0495. The van der Waals surface area contributed by atoms with Gasteiger partial charge in [0.05, 0.1) is 0 Å². The highest BCUT2D eigenvalue weighted by Crippen LogP contribution is 2.34. The average Bonchev–Trinajstić information content (AvgIpc) is 2.82. The van der Waals surface area contributed by atoms with Crippen LogP contribution >= 0.6 is 0 Å². The van der Waals surface area contributed by atoms with Crippen molar-refractivity contribution in [3.8, 4) is 5.75 Å². The zero-order valence-electron chi connectivity index (χ0n) is 9.78. The smallest absolute Gasteiger partial charge is 0.133 e. The minimum absolute atomic E-state index is 0.297. The molecule has 0 amide bonds. The van der Waals surface area contributed by atoms with E-state index in [1.54, 1.807) is 18.3 Å². The first-order valence-electron chi connectivity index (χ1n) is 5.89. The predicted molar refractivity (Wildman–Crippen MR) is 68.2 cm³/mol. The maximum Gasteiger partial charge on any atom is 0.133 e. The summed E-state index contributed by atoms with van der Waals surface area (Å²) in [5, 5.41) is 10.3. The van der Waals surface area contributed by atoms with E-state index < -0.39 is 6.10 Å². The number of aliphatic hydroxyl groups excluding tert-OH is 1. The molecule has 0 bridgehead atoms. The van der Waals surface area contributed by atoms with Crippen molar-refractivity contribution in [1.82, 2.24) is 4.98 Å². The van der Waals surface area contributed by atoms with Gasteiger partial charge in [0.2, 0.25) is 0 Å². The van der Waals surface area contributed by atoms with Gasteiger partial charge >= 0.3 is 0 Å². The van der Waals surface area contributed by atoms with Gasteiger partial charge in [-0.25, -0.2) is 4.98 Å². The van der Waals surface area contributed by atoms with Crippen LogP contribution in [-0.2, 0) is 6.42 Å². The summed E-state index contributed by atoms with van der Waals surface area (Å²) < 4.78 is 5.74. The van der Waals surface area contributed by atoms with Crippen molar-refractivity contribution >= 4 is 5.82 Å². The molecule has 3 N–H and O–H groups in total. The summed E-state index contributed by atoms with van der Waals surface area (Å²) in [6.45, 7) is 0. The molecule has 18 heavy (non-hydrogen) atoms. The number of nitrogen functional groups attached to an aromatic ring is 1. The highest BCUT2D eigenvalue weighted by atomic mass is 16.5. The molecule has 0 radical (unpaired) electrons. The molecule has 2 aromatic rings. The van der Waals surface area contributed by atoms with Gasteiger partial charge in [0.1, 0.15) is 23.8 Å². The number of rotatable bonds is 2. The fourth-order valence-electron chi connectivity index (χ4n) is 2.27. The number of pyridine rings is 1. The van der Waals surface area contributed by atoms with Crippen LogP contribution in [0.2, 0.25) is 0 Å². The van der Waals surface area contributed by atoms with E-state index in [2.05, 4.69) is 4.98 Å². The molecule has 0 aliphatic carbocycles. The van der Waals surface area contributed by atoms with E-state index in [0.29, 0.717) is 17.8 Å². The third-order valence-electron chi connectivity index (χ3n) is 3.21. The summed E-state index contributed by atoms with van der Waals surface area (Å²) in [4.78, 5) is 3.98. The van der Waals surface area contributed by atoms with Crippen LogP contribution in [0.4, 0.5) is 5.82 Å². The number of ether oxygens (including phenoxy) is 1. The van der Waals surface area contributed by atoms with Gasteiger partial charge in [-0.3, -0.25) is 0 Å². The van der Waals surface area contributed by atoms with Gasteiger partial charge in [0.15, 0.2) is 0 Å². The number of anilines is 1. The second-order valence-corrected chi connectivity index (χ2v) is 4.39. The molecular weight excluding hydrogens is 228 g/mol. The van der Waals surface area contributed by atoms with Crippen molar-refractivity contribution in [3.05, 3.63) is 53.7 Å². The third kappa shape index (κ3) is 1.80. The number of fused-ring (bicyclic) bond motifs is 1. The summed E-state index contributed by atoms with van der Waals surface area (Å²) >= 11 is 0. The van der Waals surface area contributed by atoms with Crippen LogP contribution in [0.5, 0.6) is 5.75 Å². The van der Waals surface area contributed by atoms with E-state index in [0.717, 1.165) is 11.3 Å². The topological polar surface area (TPSA) is 68.4 Å². The first-order chi connectivity index (χ1) is 8.75. The average molecular weight is 242 g/mol. The summed E-state index contributed by atoms with van der Waals surface area (Å²) in [7, 11) is 0. The van der Waals surface area contributed by atoms with Gasteiger partial charge in [-0.15, -0.1) is 0 Å². The number of aromatic nitrogens is 1. The largest absolute Gasteiger partial charge is 0.487 e. The molecule has 1 aromatic heterocycles. The van der Waals surface area contributed by atoms with Crippen molar-refractivity contribution in [2.24, 2.45) is 0 Å². The van der Waals surface area contributed by atoms with E-state index in [4.69, 9.17) is 10.5 Å². The van der Waals surface area contributed by atoms with E-state index in [9.17, 15) is 5.11 Å². The monoisotopic (exact) mass is 242 g/mol. The molecule has 3 rings (SSSR count). The molecular formula is C14H14N2O2. The first-order valence-corrected chi connectivity index (χ1v) is 5.89. The molecule has 4 nitrogen and oxygen atoms in total. The molecule has 92 valence electrons. The molecule has 2 heterocycles. The van der Waals surface area contributed by atoms with Crippen molar-refractivity contribution in [3.63, 3.8) is 0 Å². The van der Waals surface area contributed by atoms with E-state index in [-0.39, 0.29) is 6.10 Å². The number of hydrogen-bond acceptors (Lipinski definition) is 4. The van der Waals surface area contributed by atoms with Gasteiger partial charge in [0.25, 0.3) is 0 Å². The Labute approximate surface area is 105 Å². The van der Waals surface area contributed by atoms with Crippen LogP contribution in [0.15, 0.2) is 42.6 Å². The van der Waals surface area contributed by atoms with Gasteiger partial charge in [-0.1, -0.05) is 24.3 Å². The molecule has 1 aliphatic rings. The third-order valence-corrected chi connectivity index (χ3v) is 3.21. The van der Waals surface area contributed by atoms with Crippen molar-refractivity contribution in [1.29, 1.82) is 0 Å². The number of para-hydroxylation sites is 1. The quantitative estimate of drug-likeness (QED) is 0.841. The van der Waals surface area contributed by atoms with Crippen LogP contribution < -0.4 is 10.5 Å². The normalized spacial score (nSPS) is 19.1. The Morgan fingerprint density at radius 1 is 1.28 bits per heavy atom. The Morgan fingerprint density at radius 3 is 2.89 bits per heavy atom. The number of benzene rings is 1. The summed E-state index contributed by atoms with van der Waals surface area (Å²) in [5.41, 5.74) is 7.50.